The van der Waals surface area contributed by atoms with E-state index in [0.717, 1.165) is 33.9 Å². The van der Waals surface area contributed by atoms with E-state index in [1.54, 1.807) is 31.2 Å². The molecule has 242 valence electrons. The first-order valence-corrected chi connectivity index (χ1v) is 16.6. The Morgan fingerprint density at radius 3 is 2.33 bits per heavy atom. The molecule has 0 aromatic heterocycles. The number of fused-ring (bicyclic) bond motifs is 5. The van der Waals surface area contributed by atoms with E-state index in [-0.39, 0.29) is 41.1 Å². The number of aromatic hydroxyl groups is 1. The molecule has 9 heteroatoms. The van der Waals surface area contributed by atoms with Crippen LogP contribution < -0.4 is 9.80 Å². The van der Waals surface area contributed by atoms with Gasteiger partial charge in [-0.2, -0.15) is 0 Å². The highest BCUT2D eigenvalue weighted by molar-refractivity contribution is 6.32. The van der Waals surface area contributed by atoms with Crippen LogP contribution in [0.1, 0.15) is 43.7 Å². The molecule has 8 rings (SSSR count). The van der Waals surface area contributed by atoms with E-state index in [2.05, 4.69) is 0 Å². The van der Waals surface area contributed by atoms with Crippen LogP contribution in [-0.2, 0) is 25.6 Å². The molecule has 1 N–H and O–H groups in total. The monoisotopic (exact) mass is 662 g/mol. The zero-order chi connectivity index (χ0) is 33.6. The number of nitrogens with zero attached hydrogens (tertiary/aromatic N) is 2. The zero-order valence-electron chi connectivity index (χ0n) is 26.3. The average molecular weight is 663 g/mol. The number of anilines is 2. The van der Waals surface area contributed by atoms with Crippen LogP contribution in [0.3, 0.4) is 0 Å². The van der Waals surface area contributed by atoms with E-state index in [1.807, 2.05) is 49.4 Å². The number of hydrogen-bond donors (Lipinski definition) is 1. The van der Waals surface area contributed by atoms with Crippen molar-refractivity contribution in [2.45, 2.75) is 39.0 Å². The van der Waals surface area contributed by atoms with Crippen molar-refractivity contribution in [1.29, 1.82) is 0 Å². The fourth-order valence-corrected chi connectivity index (χ4v) is 9.04. The van der Waals surface area contributed by atoms with Crippen molar-refractivity contribution in [3.63, 3.8) is 0 Å². The number of halogens is 2. The number of allylic oxidation sites excluding steroid dienone is 2. The molecular formula is C39H32ClFN2O5. The third kappa shape index (κ3) is 4.11. The Kier molecular flexibility index (Phi) is 6.90. The van der Waals surface area contributed by atoms with Crippen molar-refractivity contribution in [1.82, 2.24) is 0 Å². The van der Waals surface area contributed by atoms with Crippen LogP contribution in [0.5, 0.6) is 5.75 Å². The summed E-state index contributed by atoms with van der Waals surface area (Å²) in [5.41, 5.74) is 1.62. The van der Waals surface area contributed by atoms with Crippen molar-refractivity contribution in [3.05, 3.63) is 112 Å². The van der Waals surface area contributed by atoms with Gasteiger partial charge in [0.1, 0.15) is 11.6 Å². The smallest absolute Gasteiger partial charge is 0.241 e. The lowest BCUT2D eigenvalue weighted by Crippen LogP contribution is -2.48. The first kappa shape index (κ1) is 30.5. The lowest BCUT2D eigenvalue weighted by Gasteiger charge is -2.49. The average Bonchev–Trinajstić information content (AvgIpc) is 3.46. The molecule has 0 spiro atoms. The molecule has 2 heterocycles. The van der Waals surface area contributed by atoms with Gasteiger partial charge >= 0.3 is 0 Å². The van der Waals surface area contributed by atoms with Gasteiger partial charge in [-0.25, -0.2) is 9.29 Å². The molecule has 6 unspecified atom stereocenters. The standard InChI is InChI=1S/C39H32ClFN2O5/c1-3-20-8-11-22(12-9-20)42-35(45)26-16-15-25-28(32(26)37(42)47)19-29-36(46)43(23-13-17-31(41)30(40)18-23)38(48)39(29,2)33(25)27-14-10-21-6-4-5-7-24(21)34(27)44/h4-15,17-18,26,28-29,32-33,44H,3,16,19H2,1-2H3. The Bertz CT molecular complexity index is 2110. The van der Waals surface area contributed by atoms with E-state index in [0.29, 0.717) is 16.6 Å². The number of hydrogen-bond acceptors (Lipinski definition) is 5. The number of phenolic OH excluding ortho intramolecular Hbond substituents is 1. The molecule has 4 amide bonds. The van der Waals surface area contributed by atoms with Gasteiger partial charge in [0.2, 0.25) is 23.6 Å². The maximum atomic E-state index is 14.7. The highest BCUT2D eigenvalue weighted by Crippen LogP contribution is 2.64. The van der Waals surface area contributed by atoms with Gasteiger partial charge in [0.15, 0.2) is 0 Å². The van der Waals surface area contributed by atoms with Crippen molar-refractivity contribution in [3.8, 4) is 5.75 Å². The fraction of sp³-hybridized carbons (Fsp3) is 0.282. The van der Waals surface area contributed by atoms with E-state index in [4.69, 9.17) is 11.6 Å². The van der Waals surface area contributed by atoms with Crippen LogP contribution >= 0.6 is 11.6 Å². The van der Waals surface area contributed by atoms with Gasteiger partial charge in [0, 0.05) is 16.9 Å². The van der Waals surface area contributed by atoms with Crippen molar-refractivity contribution in [2.24, 2.45) is 29.1 Å². The molecule has 4 aliphatic rings. The second kappa shape index (κ2) is 10.9. The molecule has 6 atom stereocenters. The molecule has 2 saturated heterocycles. The number of amides is 4. The predicted octanol–water partition coefficient (Wildman–Crippen LogP) is 7.34. The van der Waals surface area contributed by atoms with Crippen molar-refractivity contribution in [2.75, 3.05) is 9.80 Å². The Hall–Kier alpha value is -4.82. The Morgan fingerprint density at radius 2 is 1.60 bits per heavy atom. The Labute approximate surface area is 281 Å². The molecule has 1 saturated carbocycles. The van der Waals surface area contributed by atoms with Gasteiger partial charge in [0.05, 0.1) is 39.6 Å². The molecule has 4 aromatic carbocycles. The number of carbonyl (C=O) groups excluding carboxylic acids is 4. The minimum atomic E-state index is -1.37. The maximum Gasteiger partial charge on any atom is 0.241 e. The van der Waals surface area contributed by atoms with E-state index in [1.165, 1.54) is 17.0 Å². The Morgan fingerprint density at radius 1 is 0.875 bits per heavy atom. The summed E-state index contributed by atoms with van der Waals surface area (Å²) < 4.78 is 14.2. The zero-order valence-corrected chi connectivity index (χ0v) is 27.1. The first-order chi connectivity index (χ1) is 23.1. The number of benzene rings is 4. The molecule has 7 nitrogen and oxygen atoms in total. The van der Waals surface area contributed by atoms with Crippen LogP contribution in [0.25, 0.3) is 10.8 Å². The normalized spacial score (nSPS) is 28.1. The van der Waals surface area contributed by atoms with Gasteiger partial charge in [0.25, 0.3) is 0 Å². The summed E-state index contributed by atoms with van der Waals surface area (Å²) in [6.45, 7) is 3.78. The molecule has 48 heavy (non-hydrogen) atoms. The quantitative estimate of drug-likeness (QED) is 0.182. The molecule has 4 aromatic rings. The van der Waals surface area contributed by atoms with E-state index in [9.17, 15) is 28.7 Å². The molecule has 0 radical (unpaired) electrons. The number of aryl methyl sites for hydroxylation is 1. The van der Waals surface area contributed by atoms with Crippen LogP contribution in [0, 0.1) is 34.9 Å². The van der Waals surface area contributed by atoms with Gasteiger partial charge in [-0.05, 0) is 73.4 Å². The largest absolute Gasteiger partial charge is 0.507 e. The maximum absolute atomic E-state index is 14.7. The summed E-state index contributed by atoms with van der Waals surface area (Å²) in [5, 5.41) is 13.0. The van der Waals surface area contributed by atoms with E-state index < -0.39 is 52.6 Å². The second-order valence-electron chi connectivity index (χ2n) is 13.5. The Balaban J connectivity index is 1.29. The number of phenols is 1. The van der Waals surface area contributed by atoms with Crippen LogP contribution in [0.4, 0.5) is 15.8 Å². The summed E-state index contributed by atoms with van der Waals surface area (Å²) in [6.07, 6.45) is 3.22. The van der Waals surface area contributed by atoms with Crippen LogP contribution in [0.2, 0.25) is 5.02 Å². The molecular weight excluding hydrogens is 631 g/mol. The van der Waals surface area contributed by atoms with Crippen molar-refractivity contribution < 1.29 is 28.7 Å². The minimum absolute atomic E-state index is 0.00302. The number of imide groups is 2. The first-order valence-electron chi connectivity index (χ1n) is 16.3. The number of rotatable bonds is 4. The predicted molar refractivity (Wildman–Crippen MR) is 180 cm³/mol. The van der Waals surface area contributed by atoms with Crippen LogP contribution in [-0.4, -0.2) is 28.7 Å². The van der Waals surface area contributed by atoms with Gasteiger partial charge in [-0.15, -0.1) is 0 Å². The lowest BCUT2D eigenvalue weighted by molar-refractivity contribution is -0.131. The molecule has 3 fully saturated rings. The SMILES string of the molecule is CCc1ccc(N2C(=O)C3CC=C4C(CC5C(=O)N(c6ccc(F)c(Cl)c6)C(=O)C5(C)C4c4ccc5ccccc5c4O)C3C2=O)cc1. The summed E-state index contributed by atoms with van der Waals surface area (Å²) >= 11 is 6.11. The summed E-state index contributed by atoms with van der Waals surface area (Å²) in [6, 6.07) is 22.2. The third-order valence-corrected chi connectivity index (χ3v) is 11.6. The second-order valence-corrected chi connectivity index (χ2v) is 13.9. The fourth-order valence-electron chi connectivity index (χ4n) is 8.87. The summed E-state index contributed by atoms with van der Waals surface area (Å²) in [4.78, 5) is 59.7. The summed E-state index contributed by atoms with van der Waals surface area (Å²) in [5.74, 6) is -5.85. The molecule has 2 aliphatic heterocycles. The lowest BCUT2D eigenvalue weighted by atomic mass is 9.51. The minimum Gasteiger partial charge on any atom is -0.507 e. The van der Waals surface area contributed by atoms with Gasteiger partial charge in [-0.1, -0.05) is 78.7 Å². The number of carbonyl (C=O) groups is 4. The summed E-state index contributed by atoms with van der Waals surface area (Å²) in [7, 11) is 0. The topological polar surface area (TPSA) is 95.0 Å². The van der Waals surface area contributed by atoms with Crippen LogP contribution in [0.15, 0.2) is 90.5 Å². The third-order valence-electron chi connectivity index (χ3n) is 11.3. The van der Waals surface area contributed by atoms with Gasteiger partial charge < -0.3 is 5.11 Å². The molecule has 2 aliphatic carbocycles. The molecule has 0 bridgehead atoms. The highest BCUT2D eigenvalue weighted by atomic mass is 35.5. The highest BCUT2D eigenvalue weighted by Gasteiger charge is 2.68. The van der Waals surface area contributed by atoms with E-state index >= 15 is 0 Å². The van der Waals surface area contributed by atoms with Crippen molar-refractivity contribution >= 4 is 57.4 Å². The van der Waals surface area contributed by atoms with Gasteiger partial charge in [-0.3, -0.25) is 24.1 Å².